The third-order valence-corrected chi connectivity index (χ3v) is 6.39. The van der Waals surface area contributed by atoms with Gasteiger partial charge >= 0.3 is 0 Å². The van der Waals surface area contributed by atoms with Crippen LogP contribution in [0.25, 0.3) is 0 Å². The molecule has 1 fully saturated rings. The summed E-state index contributed by atoms with van der Waals surface area (Å²) >= 11 is 0. The van der Waals surface area contributed by atoms with E-state index in [4.69, 9.17) is 0 Å². The Balaban J connectivity index is 1.33. The summed E-state index contributed by atoms with van der Waals surface area (Å²) in [6.45, 7) is 8.47. The lowest BCUT2D eigenvalue weighted by Gasteiger charge is -2.32. The number of carbonyl (C=O) groups excluding carboxylic acids is 1. The van der Waals surface area contributed by atoms with Gasteiger partial charge in [-0.05, 0) is 49.9 Å². The van der Waals surface area contributed by atoms with Crippen LogP contribution >= 0.6 is 0 Å². The Bertz CT molecular complexity index is 820. The van der Waals surface area contributed by atoms with Crippen molar-refractivity contribution >= 4 is 5.91 Å². The number of rotatable bonds is 6. The summed E-state index contributed by atoms with van der Waals surface area (Å²) in [5.41, 5.74) is 4.65. The van der Waals surface area contributed by atoms with Crippen LogP contribution in [0, 0.1) is 5.92 Å². The minimum atomic E-state index is 0.156. The van der Waals surface area contributed by atoms with Crippen LogP contribution in [0.15, 0.2) is 30.5 Å². The van der Waals surface area contributed by atoms with Crippen LogP contribution in [0.2, 0.25) is 0 Å². The van der Waals surface area contributed by atoms with Gasteiger partial charge in [0.2, 0.25) is 0 Å². The topological polar surface area (TPSA) is 53.4 Å². The van der Waals surface area contributed by atoms with Crippen LogP contribution in [0.5, 0.6) is 0 Å². The van der Waals surface area contributed by atoms with Crippen molar-refractivity contribution in [2.75, 3.05) is 39.8 Å². The molecule has 156 valence electrons. The van der Waals surface area contributed by atoms with E-state index in [1.165, 1.54) is 11.1 Å². The van der Waals surface area contributed by atoms with Gasteiger partial charge in [0.05, 0.1) is 17.5 Å². The van der Waals surface area contributed by atoms with E-state index in [-0.39, 0.29) is 5.91 Å². The molecule has 2 aliphatic rings. The number of nitrogens with one attached hydrogen (secondary N) is 1. The molecule has 4 rings (SSSR count). The van der Waals surface area contributed by atoms with Crippen LogP contribution in [-0.4, -0.2) is 65.3 Å². The number of likely N-dealkylation sites (N-methyl/N-ethyl adjacent to an activating group) is 1. The van der Waals surface area contributed by atoms with E-state index in [9.17, 15) is 4.79 Å². The number of nitrogens with zero attached hydrogens (tertiary/aromatic N) is 4. The maximum absolute atomic E-state index is 13.0. The van der Waals surface area contributed by atoms with E-state index in [0.29, 0.717) is 5.92 Å². The predicted molar refractivity (Wildman–Crippen MR) is 115 cm³/mol. The number of hydrogen-bond donors (Lipinski definition) is 1. The van der Waals surface area contributed by atoms with Gasteiger partial charge in [0, 0.05) is 39.3 Å². The van der Waals surface area contributed by atoms with Crippen molar-refractivity contribution in [2.45, 2.75) is 39.3 Å². The van der Waals surface area contributed by atoms with Gasteiger partial charge < -0.3 is 15.1 Å². The van der Waals surface area contributed by atoms with Crippen molar-refractivity contribution in [3.8, 4) is 0 Å². The molecule has 0 spiro atoms. The molecule has 3 heterocycles. The molecule has 1 aromatic carbocycles. The predicted octanol–water partition coefficient (Wildman–Crippen LogP) is 2.19. The molecule has 0 saturated carbocycles. The average molecular weight is 396 g/mol. The number of aryl methyl sites for hydroxylation is 2. The molecule has 1 aromatic heterocycles. The minimum absolute atomic E-state index is 0.156. The van der Waals surface area contributed by atoms with Crippen LogP contribution < -0.4 is 5.32 Å². The second kappa shape index (κ2) is 9.09. The number of hydrogen-bond acceptors (Lipinski definition) is 4. The van der Waals surface area contributed by atoms with Gasteiger partial charge in [-0.2, -0.15) is 5.10 Å². The molecule has 1 N–H and O–H groups in total. The molecule has 1 saturated heterocycles. The Morgan fingerprint density at radius 1 is 1.10 bits per heavy atom. The fourth-order valence-corrected chi connectivity index (χ4v) is 4.35. The van der Waals surface area contributed by atoms with Gasteiger partial charge in [-0.25, -0.2) is 0 Å². The molecular weight excluding hydrogens is 362 g/mol. The van der Waals surface area contributed by atoms with Gasteiger partial charge in [-0.1, -0.05) is 31.2 Å². The number of aromatic nitrogens is 2. The fourth-order valence-electron chi connectivity index (χ4n) is 4.35. The first-order valence-corrected chi connectivity index (χ1v) is 10.9. The van der Waals surface area contributed by atoms with Crippen LogP contribution in [-0.2, 0) is 25.9 Å². The third-order valence-electron chi connectivity index (χ3n) is 6.39. The molecule has 2 aliphatic heterocycles. The van der Waals surface area contributed by atoms with Crippen molar-refractivity contribution < 1.29 is 4.79 Å². The standard InChI is InChI=1S/C23H33N5O/c1-3-18-4-6-19(7-5-18)15-24-16-20-8-9-28-22(14-20)21(17-25-28)23(29)27-12-10-26(2)11-13-27/h4-7,17,20,24H,3,8-16H2,1-2H3. The maximum atomic E-state index is 13.0. The van der Waals surface area contributed by atoms with Gasteiger partial charge in [0.25, 0.3) is 5.91 Å². The molecule has 0 bridgehead atoms. The van der Waals surface area contributed by atoms with E-state index in [0.717, 1.165) is 76.3 Å². The molecular formula is C23H33N5O. The lowest BCUT2D eigenvalue weighted by molar-refractivity contribution is 0.0662. The van der Waals surface area contributed by atoms with E-state index in [1.807, 2.05) is 9.58 Å². The summed E-state index contributed by atoms with van der Waals surface area (Å²) in [5, 5.41) is 8.12. The molecule has 1 unspecified atom stereocenters. The second-order valence-corrected chi connectivity index (χ2v) is 8.48. The van der Waals surface area contributed by atoms with Crippen LogP contribution in [0.4, 0.5) is 0 Å². The molecule has 6 nitrogen and oxygen atoms in total. The zero-order valence-corrected chi connectivity index (χ0v) is 17.7. The SMILES string of the molecule is CCc1ccc(CNCC2CCn3ncc(C(=O)N4CCN(C)CC4)c3C2)cc1. The molecule has 1 atom stereocenters. The lowest BCUT2D eigenvalue weighted by Crippen LogP contribution is -2.47. The van der Waals surface area contributed by atoms with Gasteiger partial charge in [-0.15, -0.1) is 0 Å². The highest BCUT2D eigenvalue weighted by Crippen LogP contribution is 2.24. The first kappa shape index (κ1) is 20.1. The highest BCUT2D eigenvalue weighted by Gasteiger charge is 2.28. The molecule has 0 radical (unpaired) electrons. The molecule has 2 aromatic rings. The van der Waals surface area contributed by atoms with Crippen LogP contribution in [0.1, 0.15) is 40.5 Å². The summed E-state index contributed by atoms with van der Waals surface area (Å²) in [6.07, 6.45) is 4.91. The number of carbonyl (C=O) groups is 1. The smallest absolute Gasteiger partial charge is 0.257 e. The number of piperazine rings is 1. The van der Waals surface area contributed by atoms with E-state index >= 15 is 0 Å². The van der Waals surface area contributed by atoms with E-state index in [2.05, 4.69) is 53.6 Å². The molecule has 29 heavy (non-hydrogen) atoms. The van der Waals surface area contributed by atoms with Gasteiger partial charge in [0.1, 0.15) is 0 Å². The molecule has 0 aliphatic carbocycles. The first-order valence-electron chi connectivity index (χ1n) is 10.9. The average Bonchev–Trinajstić information content (AvgIpc) is 3.17. The summed E-state index contributed by atoms with van der Waals surface area (Å²) < 4.78 is 2.04. The zero-order chi connectivity index (χ0) is 20.2. The Morgan fingerprint density at radius 2 is 1.83 bits per heavy atom. The Labute approximate surface area is 173 Å². The maximum Gasteiger partial charge on any atom is 0.257 e. The summed E-state index contributed by atoms with van der Waals surface area (Å²) in [7, 11) is 2.11. The lowest BCUT2D eigenvalue weighted by atomic mass is 9.94. The van der Waals surface area contributed by atoms with Crippen molar-refractivity contribution in [1.82, 2.24) is 24.9 Å². The van der Waals surface area contributed by atoms with Crippen molar-refractivity contribution in [2.24, 2.45) is 5.92 Å². The van der Waals surface area contributed by atoms with Gasteiger partial charge in [0.15, 0.2) is 0 Å². The molecule has 6 heteroatoms. The quantitative estimate of drug-likeness (QED) is 0.815. The number of amides is 1. The normalized spacial score (nSPS) is 19.9. The highest BCUT2D eigenvalue weighted by atomic mass is 16.2. The number of benzene rings is 1. The highest BCUT2D eigenvalue weighted by molar-refractivity contribution is 5.95. The first-order chi connectivity index (χ1) is 14.1. The zero-order valence-electron chi connectivity index (χ0n) is 17.7. The van der Waals surface area contributed by atoms with Gasteiger partial charge in [-0.3, -0.25) is 9.48 Å². The summed E-state index contributed by atoms with van der Waals surface area (Å²) in [5.74, 6) is 0.706. The Morgan fingerprint density at radius 3 is 2.55 bits per heavy atom. The fraction of sp³-hybridized carbons (Fsp3) is 0.565. The second-order valence-electron chi connectivity index (χ2n) is 8.48. The Hall–Kier alpha value is -2.18. The minimum Gasteiger partial charge on any atom is -0.336 e. The van der Waals surface area contributed by atoms with Crippen LogP contribution in [0.3, 0.4) is 0 Å². The monoisotopic (exact) mass is 395 g/mol. The Kier molecular flexibility index (Phi) is 6.31. The van der Waals surface area contributed by atoms with Crippen molar-refractivity contribution in [3.63, 3.8) is 0 Å². The van der Waals surface area contributed by atoms with Crippen molar-refractivity contribution in [1.29, 1.82) is 0 Å². The number of fused-ring (bicyclic) bond motifs is 1. The largest absolute Gasteiger partial charge is 0.336 e. The van der Waals surface area contributed by atoms with E-state index < -0.39 is 0 Å². The molecule has 1 amide bonds. The summed E-state index contributed by atoms with van der Waals surface area (Å²) in [4.78, 5) is 17.3. The van der Waals surface area contributed by atoms with Crippen molar-refractivity contribution in [3.05, 3.63) is 52.8 Å². The summed E-state index contributed by atoms with van der Waals surface area (Å²) in [6, 6.07) is 8.86. The third kappa shape index (κ3) is 4.70. The van der Waals surface area contributed by atoms with E-state index in [1.54, 1.807) is 6.20 Å².